The normalized spacial score (nSPS) is 20.1. The number of aryl methyl sites for hydroxylation is 1. The van der Waals surface area contributed by atoms with Gasteiger partial charge in [0.1, 0.15) is 5.92 Å². The lowest BCUT2D eigenvalue weighted by Crippen LogP contribution is -2.32. The molecule has 3 N–H and O–H groups in total. The molecule has 3 heterocycles. The number of nitrogens with zero attached hydrogens (tertiary/aromatic N) is 3. The summed E-state index contributed by atoms with van der Waals surface area (Å²) in [5, 5.41) is 6.62. The molecule has 0 bridgehead atoms. The van der Waals surface area contributed by atoms with Gasteiger partial charge in [-0.25, -0.2) is 5.43 Å². The number of nitrogens with one attached hydrogen (secondary N) is 3. The molecule has 2 aliphatic rings. The van der Waals surface area contributed by atoms with Gasteiger partial charge in [0.2, 0.25) is 0 Å². The molecule has 1 unspecified atom stereocenters. The number of allylic oxidation sites excluding steroid dienone is 1. The van der Waals surface area contributed by atoms with Crippen molar-refractivity contribution in [1.82, 2.24) is 20.6 Å². The topological polar surface area (TPSA) is 84.9 Å². The summed E-state index contributed by atoms with van der Waals surface area (Å²) in [6.45, 7) is 7.71. The standard InChI is InChI=1S/C20H25F3N6O/c1-4-29(5-2)9-6-13-12(3)27-15(17(13)20(21,22)23)10-16-18(25-8-7-24-16)14-11-26-28-19(14)30/h7-8,10-11,14,24,27H,4-6,9H2,1-3H3,(H,28,30). The van der Waals surface area contributed by atoms with Gasteiger partial charge in [0, 0.05) is 30.9 Å². The van der Waals surface area contributed by atoms with Crippen LogP contribution in [0.3, 0.4) is 0 Å². The van der Waals surface area contributed by atoms with Crippen LogP contribution in [0.4, 0.5) is 13.2 Å². The first-order chi connectivity index (χ1) is 14.3. The minimum atomic E-state index is -4.52. The monoisotopic (exact) mass is 422 g/mol. The van der Waals surface area contributed by atoms with E-state index in [1.165, 1.54) is 24.7 Å². The molecule has 1 amide bonds. The molecule has 0 aliphatic carbocycles. The van der Waals surface area contributed by atoms with Crippen molar-refractivity contribution in [3.05, 3.63) is 40.6 Å². The maximum atomic E-state index is 14.0. The highest BCUT2D eigenvalue weighted by atomic mass is 19.4. The molecular weight excluding hydrogens is 397 g/mol. The molecule has 3 rings (SSSR count). The third kappa shape index (κ3) is 4.48. The van der Waals surface area contributed by atoms with Crippen molar-refractivity contribution >= 4 is 23.9 Å². The summed E-state index contributed by atoms with van der Waals surface area (Å²) in [6, 6.07) is 0. The third-order valence-corrected chi connectivity index (χ3v) is 5.27. The van der Waals surface area contributed by atoms with Gasteiger partial charge in [-0.05, 0) is 38.1 Å². The average molecular weight is 422 g/mol. The van der Waals surface area contributed by atoms with E-state index < -0.39 is 17.7 Å². The third-order valence-electron chi connectivity index (χ3n) is 5.27. The Balaban J connectivity index is 2.00. The SMILES string of the molecule is CCN(CC)CCc1c(C)[nH]c(C=C2NC=CN=C2C2C=NNC2=O)c1C(F)(F)F. The minimum absolute atomic E-state index is 0.0598. The van der Waals surface area contributed by atoms with E-state index in [0.717, 1.165) is 13.1 Å². The van der Waals surface area contributed by atoms with E-state index in [1.54, 1.807) is 6.92 Å². The van der Waals surface area contributed by atoms with E-state index in [1.807, 2.05) is 13.8 Å². The number of carbonyl (C=O) groups is 1. The number of halogens is 3. The highest BCUT2D eigenvalue weighted by molar-refractivity contribution is 6.24. The predicted molar refractivity (Wildman–Crippen MR) is 110 cm³/mol. The lowest BCUT2D eigenvalue weighted by Gasteiger charge is -2.19. The van der Waals surface area contributed by atoms with Crippen LogP contribution >= 0.6 is 0 Å². The fraction of sp³-hybridized carbons (Fsp3) is 0.450. The van der Waals surface area contributed by atoms with E-state index in [9.17, 15) is 18.0 Å². The van der Waals surface area contributed by atoms with E-state index >= 15 is 0 Å². The molecule has 0 saturated heterocycles. The first-order valence-electron chi connectivity index (χ1n) is 9.81. The number of H-pyrrole nitrogens is 1. The molecular formula is C20H25F3N6O. The van der Waals surface area contributed by atoms with Crippen molar-refractivity contribution < 1.29 is 18.0 Å². The summed E-state index contributed by atoms with van der Waals surface area (Å²) in [7, 11) is 0. The first-order valence-corrected chi connectivity index (χ1v) is 9.81. The molecule has 162 valence electrons. The first kappa shape index (κ1) is 21.8. The summed E-state index contributed by atoms with van der Waals surface area (Å²) in [4.78, 5) is 21.1. The predicted octanol–water partition coefficient (Wildman–Crippen LogP) is 2.81. The number of hydrazone groups is 1. The molecule has 2 aliphatic heterocycles. The maximum Gasteiger partial charge on any atom is 0.418 e. The number of rotatable bonds is 7. The van der Waals surface area contributed by atoms with Gasteiger partial charge >= 0.3 is 6.18 Å². The van der Waals surface area contributed by atoms with Crippen molar-refractivity contribution in [3.63, 3.8) is 0 Å². The minimum Gasteiger partial charge on any atom is -0.359 e. The van der Waals surface area contributed by atoms with Crippen molar-refractivity contribution in [3.8, 4) is 0 Å². The summed E-state index contributed by atoms with van der Waals surface area (Å²) in [6.07, 6.45) is 1.46. The Kier molecular flexibility index (Phi) is 6.45. The number of aromatic nitrogens is 1. The zero-order valence-electron chi connectivity index (χ0n) is 17.1. The van der Waals surface area contributed by atoms with E-state index in [2.05, 4.69) is 30.7 Å². The van der Waals surface area contributed by atoms with Crippen LogP contribution < -0.4 is 10.7 Å². The second kappa shape index (κ2) is 8.86. The largest absolute Gasteiger partial charge is 0.418 e. The molecule has 30 heavy (non-hydrogen) atoms. The summed E-state index contributed by atoms with van der Waals surface area (Å²) in [5.41, 5.74) is 2.93. The lowest BCUT2D eigenvalue weighted by molar-refractivity contribution is -0.138. The molecule has 1 aromatic heterocycles. The Morgan fingerprint density at radius 2 is 2.00 bits per heavy atom. The second-order valence-electron chi connectivity index (χ2n) is 7.06. The lowest BCUT2D eigenvalue weighted by atomic mass is 9.98. The fourth-order valence-corrected chi connectivity index (χ4v) is 3.65. The Morgan fingerprint density at radius 3 is 2.60 bits per heavy atom. The molecule has 1 aromatic rings. The van der Waals surface area contributed by atoms with Crippen LogP contribution in [0.2, 0.25) is 0 Å². The summed E-state index contributed by atoms with van der Waals surface area (Å²) < 4.78 is 42.0. The van der Waals surface area contributed by atoms with Gasteiger partial charge in [-0.2, -0.15) is 18.3 Å². The van der Waals surface area contributed by atoms with Gasteiger partial charge in [-0.15, -0.1) is 0 Å². The van der Waals surface area contributed by atoms with Crippen molar-refractivity contribution in [1.29, 1.82) is 0 Å². The Morgan fingerprint density at radius 1 is 1.27 bits per heavy atom. The number of hydrogen-bond acceptors (Lipinski definition) is 5. The van der Waals surface area contributed by atoms with E-state index in [-0.39, 0.29) is 23.6 Å². The molecule has 0 aromatic carbocycles. The van der Waals surface area contributed by atoms with Crippen LogP contribution in [-0.2, 0) is 17.4 Å². The molecule has 0 saturated carbocycles. The quantitative estimate of drug-likeness (QED) is 0.632. The van der Waals surface area contributed by atoms with Crippen LogP contribution in [0.5, 0.6) is 0 Å². The van der Waals surface area contributed by atoms with Gasteiger partial charge in [0.25, 0.3) is 5.91 Å². The molecule has 7 nitrogen and oxygen atoms in total. The number of carbonyl (C=O) groups excluding carboxylic acids is 1. The number of aliphatic imine (C=N–C) groups is 1. The zero-order valence-corrected chi connectivity index (χ0v) is 17.1. The molecule has 0 radical (unpaired) electrons. The molecule has 10 heteroatoms. The Hall–Kier alpha value is -2.88. The van der Waals surface area contributed by atoms with E-state index in [0.29, 0.717) is 23.6 Å². The van der Waals surface area contributed by atoms with Gasteiger partial charge < -0.3 is 15.2 Å². The average Bonchev–Trinajstić information content (AvgIpc) is 3.25. The summed E-state index contributed by atoms with van der Waals surface area (Å²) >= 11 is 0. The Labute approximate surface area is 172 Å². The zero-order chi connectivity index (χ0) is 21.9. The van der Waals surface area contributed by atoms with Crippen LogP contribution in [0.1, 0.15) is 36.4 Å². The van der Waals surface area contributed by atoms with Crippen LogP contribution in [-0.4, -0.2) is 47.4 Å². The highest BCUT2D eigenvalue weighted by Crippen LogP contribution is 2.37. The van der Waals surface area contributed by atoms with Gasteiger partial charge in [0.05, 0.1) is 22.7 Å². The number of likely N-dealkylation sites (N-methyl/N-ethyl adjacent to an activating group) is 1. The van der Waals surface area contributed by atoms with E-state index in [4.69, 9.17) is 0 Å². The van der Waals surface area contributed by atoms with Crippen molar-refractivity contribution in [2.45, 2.75) is 33.4 Å². The van der Waals surface area contributed by atoms with Gasteiger partial charge in [-0.1, -0.05) is 13.8 Å². The fourth-order valence-electron chi connectivity index (χ4n) is 3.65. The maximum absolute atomic E-state index is 14.0. The second-order valence-corrected chi connectivity index (χ2v) is 7.06. The summed E-state index contributed by atoms with van der Waals surface area (Å²) in [5.74, 6) is -1.14. The molecule has 0 spiro atoms. The highest BCUT2D eigenvalue weighted by Gasteiger charge is 2.38. The molecule has 1 atom stereocenters. The van der Waals surface area contributed by atoms with Gasteiger partial charge in [0.15, 0.2) is 0 Å². The Bertz CT molecular complexity index is 922. The number of amides is 1. The number of alkyl halides is 3. The van der Waals surface area contributed by atoms with Crippen LogP contribution in [0.25, 0.3) is 6.08 Å². The van der Waals surface area contributed by atoms with Crippen LogP contribution in [0.15, 0.2) is 28.2 Å². The van der Waals surface area contributed by atoms with Crippen molar-refractivity contribution in [2.75, 3.05) is 19.6 Å². The molecule has 0 fully saturated rings. The number of aromatic amines is 1. The van der Waals surface area contributed by atoms with Gasteiger partial charge in [-0.3, -0.25) is 9.79 Å². The van der Waals surface area contributed by atoms with Crippen molar-refractivity contribution in [2.24, 2.45) is 16.0 Å². The van der Waals surface area contributed by atoms with Crippen LogP contribution in [0, 0.1) is 12.8 Å². The number of hydrogen-bond donors (Lipinski definition) is 3. The smallest absolute Gasteiger partial charge is 0.359 e.